The van der Waals surface area contributed by atoms with Crippen LogP contribution >= 0.6 is 0 Å². The first-order valence-corrected chi connectivity index (χ1v) is 11.4. The van der Waals surface area contributed by atoms with Crippen LogP contribution in [0, 0.1) is 5.41 Å². The van der Waals surface area contributed by atoms with E-state index in [0.29, 0.717) is 6.42 Å². The van der Waals surface area contributed by atoms with E-state index in [1.54, 1.807) is 11.1 Å². The van der Waals surface area contributed by atoms with Crippen LogP contribution in [-0.4, -0.2) is 51.9 Å². The number of nitrogens with zero attached hydrogens (tertiary/aromatic N) is 1. The van der Waals surface area contributed by atoms with Crippen LogP contribution in [0.15, 0.2) is 24.4 Å². The van der Waals surface area contributed by atoms with Gasteiger partial charge in [0.15, 0.2) is 9.04 Å². The predicted molar refractivity (Wildman–Crippen MR) is 99.7 cm³/mol. The molecule has 0 N–H and O–H groups in total. The Balaban J connectivity index is 3.09. The summed E-state index contributed by atoms with van der Waals surface area (Å²) in [6.07, 6.45) is 3.36. The minimum atomic E-state index is -1.33. The van der Waals surface area contributed by atoms with Crippen LogP contribution in [0.25, 0.3) is 0 Å². The largest absolute Gasteiger partial charge is 0.469 e. The summed E-state index contributed by atoms with van der Waals surface area (Å²) >= 11 is 0. The van der Waals surface area contributed by atoms with E-state index in [-0.39, 0.29) is 36.6 Å². The normalized spacial score (nSPS) is 18.8. The first-order chi connectivity index (χ1) is 11.6. The lowest BCUT2D eigenvalue weighted by atomic mass is 9.83. The van der Waals surface area contributed by atoms with Gasteiger partial charge in [-0.15, -0.1) is 0 Å². The zero-order valence-electron chi connectivity index (χ0n) is 16.2. The van der Waals surface area contributed by atoms with E-state index in [9.17, 15) is 9.59 Å². The number of rotatable bonds is 7. The maximum absolute atomic E-state index is 12.5. The van der Waals surface area contributed by atoms with E-state index < -0.39 is 15.1 Å². The molecular formula is C18H31NO5Si. The first kappa shape index (κ1) is 21.4. The third kappa shape index (κ3) is 6.32. The summed E-state index contributed by atoms with van der Waals surface area (Å²) in [6.45, 7) is 14.2. The number of amides is 1. The summed E-state index contributed by atoms with van der Waals surface area (Å²) in [5, 5.41) is 0. The molecule has 0 fully saturated rings. The molecule has 0 spiro atoms. The summed E-state index contributed by atoms with van der Waals surface area (Å²) in [5.41, 5.74) is 0.684. The quantitative estimate of drug-likeness (QED) is 0.391. The minimum Gasteiger partial charge on any atom is -0.469 e. The molecule has 0 aromatic heterocycles. The lowest BCUT2D eigenvalue weighted by Gasteiger charge is -2.40. The molecule has 0 radical (unpaired) electrons. The van der Waals surface area contributed by atoms with Crippen LogP contribution in [0.4, 0.5) is 4.79 Å². The molecule has 25 heavy (non-hydrogen) atoms. The van der Waals surface area contributed by atoms with Crippen LogP contribution in [0.3, 0.4) is 0 Å². The minimum absolute atomic E-state index is 0.141. The van der Waals surface area contributed by atoms with E-state index in [1.807, 2.05) is 0 Å². The average Bonchev–Trinajstić information content (AvgIpc) is 2.92. The van der Waals surface area contributed by atoms with Crippen molar-refractivity contribution >= 4 is 21.1 Å². The Hall–Kier alpha value is -1.60. The van der Waals surface area contributed by atoms with Gasteiger partial charge in [-0.1, -0.05) is 33.4 Å². The number of carbonyl (C=O) groups is 2. The third-order valence-corrected chi connectivity index (χ3v) is 4.74. The van der Waals surface area contributed by atoms with Crippen molar-refractivity contribution in [3.05, 3.63) is 24.4 Å². The fourth-order valence-corrected chi connectivity index (χ4v) is 4.07. The second-order valence-electron chi connectivity index (χ2n) is 7.56. The molecule has 0 saturated carbocycles. The lowest BCUT2D eigenvalue weighted by molar-refractivity contribution is -0.139. The number of esters is 1. The van der Waals surface area contributed by atoms with E-state index in [0.717, 1.165) is 5.57 Å². The number of methoxy groups -OCH3 is 1. The van der Waals surface area contributed by atoms with Gasteiger partial charge < -0.3 is 13.9 Å². The maximum atomic E-state index is 12.5. The highest BCUT2D eigenvalue weighted by Gasteiger charge is 2.42. The van der Waals surface area contributed by atoms with Crippen molar-refractivity contribution in [3.8, 4) is 0 Å². The molecule has 6 nitrogen and oxygen atoms in total. The van der Waals surface area contributed by atoms with Crippen molar-refractivity contribution in [2.75, 3.05) is 13.7 Å². The van der Waals surface area contributed by atoms with Gasteiger partial charge >= 0.3 is 12.1 Å². The molecule has 1 aliphatic heterocycles. The standard InChI is InChI=1S/C18H31NO5Si/c1-8-9-23-17(21)19-12-13(11-15(20)22-5)10-14(19)16(18(2,3)4)24-25(6)7/h8,12,14,16,25H,1,9-11H2,2-7H3/t14-,16?/m0/s1. The van der Waals surface area contributed by atoms with E-state index in [4.69, 9.17) is 13.9 Å². The Labute approximate surface area is 152 Å². The number of hydrogen-bond acceptors (Lipinski definition) is 5. The van der Waals surface area contributed by atoms with Gasteiger partial charge in [0, 0.05) is 6.20 Å². The summed E-state index contributed by atoms with van der Waals surface area (Å²) in [5.74, 6) is -0.322. The van der Waals surface area contributed by atoms with Gasteiger partial charge in [-0.3, -0.25) is 9.69 Å². The van der Waals surface area contributed by atoms with Crippen LogP contribution < -0.4 is 0 Å². The van der Waals surface area contributed by atoms with E-state index in [1.165, 1.54) is 13.2 Å². The van der Waals surface area contributed by atoms with Crippen LogP contribution in [0.1, 0.15) is 33.6 Å². The van der Waals surface area contributed by atoms with Crippen molar-refractivity contribution in [2.24, 2.45) is 5.41 Å². The predicted octanol–water partition coefficient (Wildman–Crippen LogP) is 3.25. The topological polar surface area (TPSA) is 65.1 Å². The molecule has 142 valence electrons. The molecule has 7 heteroatoms. The fraction of sp³-hybridized carbons (Fsp3) is 0.667. The SMILES string of the molecule is C=CCOC(=O)N1C=C(CC(=O)OC)C[C@H]1C(O[SiH](C)C)C(C)(C)C. The highest BCUT2D eigenvalue weighted by molar-refractivity contribution is 6.48. The van der Waals surface area contributed by atoms with E-state index in [2.05, 4.69) is 40.4 Å². The van der Waals surface area contributed by atoms with Gasteiger partial charge in [0.2, 0.25) is 0 Å². The molecule has 0 aromatic carbocycles. The van der Waals surface area contributed by atoms with Crippen LogP contribution in [0.2, 0.25) is 13.1 Å². The summed E-state index contributed by atoms with van der Waals surface area (Å²) in [7, 11) is 0.0280. The zero-order chi connectivity index (χ0) is 19.2. The smallest absolute Gasteiger partial charge is 0.414 e. The maximum Gasteiger partial charge on any atom is 0.414 e. The molecule has 0 bridgehead atoms. The monoisotopic (exact) mass is 369 g/mol. The van der Waals surface area contributed by atoms with Crippen molar-refractivity contribution in [1.82, 2.24) is 4.90 Å². The first-order valence-electron chi connectivity index (χ1n) is 8.58. The van der Waals surface area contributed by atoms with Crippen molar-refractivity contribution in [1.29, 1.82) is 0 Å². The Bertz CT molecular complexity index is 524. The highest BCUT2D eigenvalue weighted by Crippen LogP contribution is 2.36. The zero-order valence-corrected chi connectivity index (χ0v) is 17.4. The molecule has 1 rings (SSSR count). The summed E-state index contributed by atoms with van der Waals surface area (Å²) < 4.78 is 16.2. The molecule has 0 aromatic rings. The van der Waals surface area contributed by atoms with Gasteiger partial charge in [0.05, 0.1) is 25.7 Å². The number of ether oxygens (including phenoxy) is 2. The van der Waals surface area contributed by atoms with E-state index >= 15 is 0 Å². The average molecular weight is 370 g/mol. The van der Waals surface area contributed by atoms with Crippen molar-refractivity contribution < 1.29 is 23.5 Å². The molecule has 2 atom stereocenters. The molecular weight excluding hydrogens is 338 g/mol. The van der Waals surface area contributed by atoms with Crippen molar-refractivity contribution in [2.45, 2.75) is 58.9 Å². The van der Waals surface area contributed by atoms with Crippen LogP contribution in [0.5, 0.6) is 0 Å². The second-order valence-corrected chi connectivity index (χ2v) is 9.93. The van der Waals surface area contributed by atoms with Gasteiger partial charge in [0.1, 0.15) is 6.61 Å². The summed E-state index contributed by atoms with van der Waals surface area (Å²) in [6, 6.07) is -0.202. The lowest BCUT2D eigenvalue weighted by Crippen LogP contribution is -2.50. The fourth-order valence-electron chi connectivity index (χ4n) is 2.90. The number of hydrogen-bond donors (Lipinski definition) is 0. The Morgan fingerprint density at radius 2 is 2.08 bits per heavy atom. The van der Waals surface area contributed by atoms with Crippen LogP contribution in [-0.2, 0) is 18.7 Å². The molecule has 1 heterocycles. The summed E-state index contributed by atoms with van der Waals surface area (Å²) in [4.78, 5) is 25.7. The van der Waals surface area contributed by atoms with Gasteiger partial charge in [0.25, 0.3) is 0 Å². The molecule has 1 aliphatic rings. The molecule has 0 saturated heterocycles. The Kier molecular flexibility index (Phi) is 7.88. The van der Waals surface area contributed by atoms with Crippen molar-refractivity contribution in [3.63, 3.8) is 0 Å². The van der Waals surface area contributed by atoms with Gasteiger partial charge in [-0.05, 0) is 30.5 Å². The highest BCUT2D eigenvalue weighted by atomic mass is 28.3. The van der Waals surface area contributed by atoms with Gasteiger partial charge in [-0.2, -0.15) is 0 Å². The second kappa shape index (κ2) is 9.19. The molecule has 1 amide bonds. The third-order valence-electron chi connectivity index (χ3n) is 3.91. The number of carbonyl (C=O) groups excluding carboxylic acids is 2. The Morgan fingerprint density at radius 1 is 1.44 bits per heavy atom. The molecule has 1 unspecified atom stereocenters. The Morgan fingerprint density at radius 3 is 2.56 bits per heavy atom. The molecule has 0 aliphatic carbocycles. The van der Waals surface area contributed by atoms with Gasteiger partial charge in [-0.25, -0.2) is 4.79 Å².